The molecule has 0 aromatic heterocycles. The van der Waals surface area contributed by atoms with Gasteiger partial charge in [-0.05, 0) is 60.8 Å². The molecule has 14 heteroatoms. The second-order valence-corrected chi connectivity index (χ2v) is 15.2. The van der Waals surface area contributed by atoms with Crippen molar-refractivity contribution in [2.75, 3.05) is 52.3 Å². The lowest BCUT2D eigenvalue weighted by Crippen LogP contribution is -2.48. The van der Waals surface area contributed by atoms with Gasteiger partial charge < -0.3 is 29.9 Å². The zero-order valence-electron chi connectivity index (χ0n) is 29.6. The predicted molar refractivity (Wildman–Crippen MR) is 194 cm³/mol. The van der Waals surface area contributed by atoms with Gasteiger partial charge in [0.1, 0.15) is 22.8 Å². The third kappa shape index (κ3) is 8.03. The molecule has 10 nitrogen and oxygen atoms in total. The molecular formula is C38H41Cl2F2N5O5. The van der Waals surface area contributed by atoms with E-state index in [0.29, 0.717) is 19.5 Å². The predicted octanol–water partition coefficient (Wildman–Crippen LogP) is 6.17. The van der Waals surface area contributed by atoms with Crippen LogP contribution in [0.15, 0.2) is 54.6 Å². The van der Waals surface area contributed by atoms with E-state index in [-0.39, 0.29) is 44.1 Å². The van der Waals surface area contributed by atoms with Crippen molar-refractivity contribution in [1.29, 1.82) is 5.26 Å². The van der Waals surface area contributed by atoms with E-state index in [1.54, 1.807) is 4.90 Å². The lowest BCUT2D eigenvalue weighted by molar-refractivity contribution is -0.136. The minimum absolute atomic E-state index is 0.0487. The Morgan fingerprint density at radius 2 is 1.77 bits per heavy atom. The second-order valence-electron chi connectivity index (χ2n) is 14.4. The summed E-state index contributed by atoms with van der Waals surface area (Å²) in [7, 11) is 3.31. The molecule has 2 saturated heterocycles. The first kappa shape index (κ1) is 38.9. The number of nitrogens with zero attached hydrogens (tertiary/aromatic N) is 3. The van der Waals surface area contributed by atoms with Crippen molar-refractivity contribution < 1.29 is 32.6 Å². The van der Waals surface area contributed by atoms with Crippen LogP contribution >= 0.6 is 23.2 Å². The zero-order valence-corrected chi connectivity index (χ0v) is 31.1. The number of hydrogen-bond donors (Lipinski definition) is 2. The smallest absolute Gasteiger partial charge is 0.338 e. The first-order chi connectivity index (χ1) is 24.6. The van der Waals surface area contributed by atoms with Crippen molar-refractivity contribution in [3.05, 3.63) is 93.0 Å². The molecule has 0 bridgehead atoms. The molecule has 52 heavy (non-hydrogen) atoms. The van der Waals surface area contributed by atoms with Gasteiger partial charge in [-0.1, -0.05) is 62.2 Å². The number of carbonyl (C=O) groups excluding carboxylic acids is 3. The minimum Gasteiger partial charge on any atom is -0.495 e. The summed E-state index contributed by atoms with van der Waals surface area (Å²) in [5.41, 5.74) is -2.10. The van der Waals surface area contributed by atoms with Gasteiger partial charge in [0.25, 0.3) is 5.91 Å². The third-order valence-corrected chi connectivity index (χ3v) is 10.1. The fourth-order valence-electron chi connectivity index (χ4n) is 7.05. The largest absolute Gasteiger partial charge is 0.495 e. The summed E-state index contributed by atoms with van der Waals surface area (Å²) in [6.45, 7) is 7.92. The number of ether oxygens (including phenoxy) is 2. The van der Waals surface area contributed by atoms with Gasteiger partial charge in [0.05, 0.1) is 35.5 Å². The number of nitriles is 1. The van der Waals surface area contributed by atoms with E-state index in [2.05, 4.69) is 21.6 Å². The highest BCUT2D eigenvalue weighted by Gasteiger charge is 2.61. The number of piperazine rings is 1. The molecule has 2 fully saturated rings. The molecule has 0 radical (unpaired) electrons. The Morgan fingerprint density at radius 1 is 1.06 bits per heavy atom. The summed E-state index contributed by atoms with van der Waals surface area (Å²) in [5.74, 6) is -4.55. The summed E-state index contributed by atoms with van der Waals surface area (Å²) < 4.78 is 42.7. The number of esters is 1. The van der Waals surface area contributed by atoms with E-state index in [0.717, 1.165) is 19.2 Å². The monoisotopic (exact) mass is 755 g/mol. The fourth-order valence-corrected chi connectivity index (χ4v) is 7.39. The van der Waals surface area contributed by atoms with E-state index in [1.165, 1.54) is 55.6 Å². The average molecular weight is 757 g/mol. The Kier molecular flexibility index (Phi) is 11.8. The van der Waals surface area contributed by atoms with Crippen molar-refractivity contribution in [2.24, 2.45) is 5.41 Å². The Hall–Kier alpha value is -4.28. The number of methoxy groups -OCH3 is 1. The second kappa shape index (κ2) is 15.8. The lowest BCUT2D eigenvalue weighted by Gasteiger charge is -2.37. The minimum atomic E-state index is -1.81. The normalized spacial score (nSPS) is 22.1. The maximum atomic E-state index is 16.0. The van der Waals surface area contributed by atoms with Gasteiger partial charge >= 0.3 is 5.97 Å². The van der Waals surface area contributed by atoms with Crippen molar-refractivity contribution in [2.45, 2.75) is 50.6 Å². The van der Waals surface area contributed by atoms with Crippen LogP contribution in [0.25, 0.3) is 0 Å². The van der Waals surface area contributed by atoms with Crippen LogP contribution in [0.2, 0.25) is 10.0 Å². The van der Waals surface area contributed by atoms with Crippen LogP contribution in [0, 0.1) is 28.4 Å². The summed E-state index contributed by atoms with van der Waals surface area (Å²) in [5, 5.41) is 17.0. The van der Waals surface area contributed by atoms with Crippen LogP contribution in [0.3, 0.4) is 0 Å². The van der Waals surface area contributed by atoms with Crippen molar-refractivity contribution in [3.63, 3.8) is 0 Å². The van der Waals surface area contributed by atoms with Crippen LogP contribution in [0.4, 0.5) is 14.5 Å². The van der Waals surface area contributed by atoms with Crippen LogP contribution < -0.4 is 15.4 Å². The molecular weight excluding hydrogens is 715 g/mol. The van der Waals surface area contributed by atoms with Crippen molar-refractivity contribution >= 4 is 46.7 Å². The molecule has 0 saturated carbocycles. The number of benzene rings is 3. The quantitative estimate of drug-likeness (QED) is 0.249. The zero-order chi connectivity index (χ0) is 38.0. The Balaban J connectivity index is 1.48. The van der Waals surface area contributed by atoms with Crippen LogP contribution in [0.1, 0.15) is 54.6 Å². The van der Waals surface area contributed by atoms with E-state index in [4.69, 9.17) is 32.7 Å². The first-order valence-corrected chi connectivity index (χ1v) is 17.5. The molecule has 3 aromatic carbocycles. The Bertz CT molecular complexity index is 1890. The molecule has 2 amide bonds. The maximum absolute atomic E-state index is 16.0. The SMILES string of the molecule is COc1cc(C(=O)OCC(=O)N2CCN(C)CC2)ccc1NC(=O)[C@@H]1N[C@@H](CC(C)(C)C)[C@](C#N)(c2ccc(Cl)cc2F)[C@H]1c1cccc(Cl)c1F. The van der Waals surface area contributed by atoms with Gasteiger partial charge in [-0.25, -0.2) is 13.6 Å². The molecule has 2 N–H and O–H groups in total. The van der Waals surface area contributed by atoms with Gasteiger partial charge in [-0.3, -0.25) is 9.59 Å². The molecule has 276 valence electrons. The molecule has 5 rings (SSSR count). The molecule has 0 spiro atoms. The average Bonchev–Trinajstić information content (AvgIpc) is 3.41. The number of carbonyl (C=O) groups is 3. The summed E-state index contributed by atoms with van der Waals surface area (Å²) in [6, 6.07) is 12.6. The van der Waals surface area contributed by atoms with Gasteiger partial charge in [-0.15, -0.1) is 0 Å². The lowest BCUT2D eigenvalue weighted by atomic mass is 9.62. The summed E-state index contributed by atoms with van der Waals surface area (Å²) in [4.78, 5) is 43.6. The highest BCUT2D eigenvalue weighted by Crippen LogP contribution is 2.53. The van der Waals surface area contributed by atoms with Crippen LogP contribution in [-0.4, -0.2) is 86.6 Å². The van der Waals surface area contributed by atoms with Crippen LogP contribution in [0.5, 0.6) is 5.75 Å². The number of likely N-dealkylation sites (N-methyl/N-ethyl adjacent to an activating group) is 1. The number of hydrogen-bond acceptors (Lipinski definition) is 8. The number of amides is 2. The molecule has 2 aliphatic rings. The molecule has 2 aliphatic heterocycles. The van der Waals surface area contributed by atoms with E-state index in [1.807, 2.05) is 27.8 Å². The summed E-state index contributed by atoms with van der Waals surface area (Å²) in [6.07, 6.45) is 0.294. The maximum Gasteiger partial charge on any atom is 0.338 e. The number of rotatable bonds is 9. The molecule has 0 unspecified atom stereocenters. The highest BCUT2D eigenvalue weighted by molar-refractivity contribution is 6.31. The number of anilines is 1. The summed E-state index contributed by atoms with van der Waals surface area (Å²) >= 11 is 12.4. The fraction of sp³-hybridized carbons (Fsp3) is 0.421. The van der Waals surface area contributed by atoms with Gasteiger partial charge in [0.2, 0.25) is 5.91 Å². The molecule has 3 aromatic rings. The van der Waals surface area contributed by atoms with Gasteiger partial charge in [0.15, 0.2) is 6.61 Å². The third-order valence-electron chi connectivity index (χ3n) is 9.61. The molecule has 4 atom stereocenters. The first-order valence-electron chi connectivity index (χ1n) is 16.8. The standard InChI is InChI=1S/C38H41Cl2F2N5O5/c1-37(2,3)19-30-38(21-43,25-11-10-23(39)18-27(25)41)32(24-7-6-8-26(40)33(24)42)34(45-30)35(49)44-28-12-9-22(17-29(28)51-5)36(50)52-20-31(48)47-15-13-46(4)14-16-47/h6-12,17-18,30,32,34,45H,13-16,19-20H2,1-5H3,(H,44,49)/t30-,32-,34+,38-/m0/s1. The van der Waals surface area contributed by atoms with Crippen LogP contribution in [-0.2, 0) is 19.7 Å². The number of nitrogens with one attached hydrogen (secondary N) is 2. The molecule has 2 heterocycles. The van der Waals surface area contributed by atoms with Gasteiger partial charge in [0, 0.05) is 48.7 Å². The molecule has 0 aliphatic carbocycles. The Labute approximate surface area is 311 Å². The van der Waals surface area contributed by atoms with Crippen molar-refractivity contribution in [1.82, 2.24) is 15.1 Å². The van der Waals surface area contributed by atoms with E-state index < -0.39 is 58.9 Å². The number of halogens is 4. The van der Waals surface area contributed by atoms with Gasteiger partial charge in [-0.2, -0.15) is 5.26 Å². The topological polar surface area (TPSA) is 124 Å². The van der Waals surface area contributed by atoms with E-state index in [9.17, 15) is 19.6 Å². The Morgan fingerprint density at radius 3 is 2.40 bits per heavy atom. The highest BCUT2D eigenvalue weighted by atomic mass is 35.5. The van der Waals surface area contributed by atoms with E-state index >= 15 is 8.78 Å². The van der Waals surface area contributed by atoms with Crippen molar-refractivity contribution in [3.8, 4) is 11.8 Å².